The number of hydrogen-bond acceptors (Lipinski definition) is 3. The molecule has 0 aromatic heterocycles. The van der Waals surface area contributed by atoms with Crippen molar-refractivity contribution in [3.63, 3.8) is 0 Å². The van der Waals surface area contributed by atoms with Crippen molar-refractivity contribution >= 4 is 0 Å². The van der Waals surface area contributed by atoms with Crippen LogP contribution in [0.15, 0.2) is 23.3 Å². The summed E-state index contributed by atoms with van der Waals surface area (Å²) in [6.45, 7) is 14.2. The second-order valence-corrected chi connectivity index (χ2v) is 8.50. The van der Waals surface area contributed by atoms with Gasteiger partial charge in [-0.05, 0) is 85.0 Å². The summed E-state index contributed by atoms with van der Waals surface area (Å²) in [6, 6.07) is 0. The maximum atomic E-state index is 10.0. The Kier molecular flexibility index (Phi) is 10.9. The molecule has 0 amide bonds. The van der Waals surface area contributed by atoms with E-state index >= 15 is 0 Å². The number of aliphatic hydroxyl groups excluding tert-OH is 1. The van der Waals surface area contributed by atoms with Crippen molar-refractivity contribution in [2.75, 3.05) is 6.61 Å². The summed E-state index contributed by atoms with van der Waals surface area (Å²) in [6.07, 6.45) is 10.6. The third-order valence-electron chi connectivity index (χ3n) is 5.47. The van der Waals surface area contributed by atoms with Gasteiger partial charge in [0.2, 0.25) is 0 Å². The molecule has 3 heteroatoms. The molecule has 3 N–H and O–H groups in total. The standard InChI is InChI=1S/2C10H18O.C2H6O/c1-8-4-6-9(7-5-8)10(2,3)11;1-8(2)10(11)6-4-9(3)5-7-10;1-2-3/h4,9,11H,5-7H2,1-3H3;4,8,11H,5-7H2,1-3H3;3H,2H2,1H3/t9-;;/m1../s1. The molecule has 3 nitrogen and oxygen atoms in total. The lowest BCUT2D eigenvalue weighted by molar-refractivity contribution is -0.0140. The van der Waals surface area contributed by atoms with E-state index in [4.69, 9.17) is 5.11 Å². The first-order valence-electron chi connectivity index (χ1n) is 9.83. The number of aliphatic hydroxyl groups is 3. The van der Waals surface area contributed by atoms with E-state index in [9.17, 15) is 10.2 Å². The largest absolute Gasteiger partial charge is 0.397 e. The van der Waals surface area contributed by atoms with Gasteiger partial charge in [-0.25, -0.2) is 0 Å². The van der Waals surface area contributed by atoms with Crippen molar-refractivity contribution in [3.05, 3.63) is 23.3 Å². The molecule has 1 unspecified atom stereocenters. The molecule has 25 heavy (non-hydrogen) atoms. The minimum absolute atomic E-state index is 0.250. The SMILES string of the molecule is CC1=CCC(O)(C(C)C)CC1.CC1=CC[C@@H](C(C)(C)O)CC1.CCO. The number of rotatable bonds is 2. The van der Waals surface area contributed by atoms with E-state index in [0.717, 1.165) is 38.5 Å². The zero-order valence-electron chi connectivity index (χ0n) is 17.6. The van der Waals surface area contributed by atoms with Gasteiger partial charge in [0.1, 0.15) is 0 Å². The minimum atomic E-state index is -0.489. The first kappa shape index (κ1) is 24.4. The van der Waals surface area contributed by atoms with Crippen LogP contribution in [0.5, 0.6) is 0 Å². The van der Waals surface area contributed by atoms with Crippen LogP contribution in [0.3, 0.4) is 0 Å². The van der Waals surface area contributed by atoms with Gasteiger partial charge < -0.3 is 15.3 Å². The Balaban J connectivity index is 0.000000399. The van der Waals surface area contributed by atoms with Crippen LogP contribution in [0, 0.1) is 11.8 Å². The summed E-state index contributed by atoms with van der Waals surface area (Å²) in [5.41, 5.74) is 2.00. The Morgan fingerprint density at radius 3 is 2.00 bits per heavy atom. The summed E-state index contributed by atoms with van der Waals surface area (Å²) in [4.78, 5) is 0. The molecular formula is C22H42O3. The highest BCUT2D eigenvalue weighted by Gasteiger charge is 2.31. The molecule has 0 saturated carbocycles. The highest BCUT2D eigenvalue weighted by molar-refractivity contribution is 5.08. The fourth-order valence-electron chi connectivity index (χ4n) is 3.10. The van der Waals surface area contributed by atoms with Crippen molar-refractivity contribution in [1.82, 2.24) is 0 Å². The third kappa shape index (κ3) is 9.58. The van der Waals surface area contributed by atoms with Crippen molar-refractivity contribution in [1.29, 1.82) is 0 Å². The molecule has 0 saturated heterocycles. The molecular weight excluding hydrogens is 312 g/mol. The van der Waals surface area contributed by atoms with Crippen LogP contribution in [0.25, 0.3) is 0 Å². The molecule has 0 bridgehead atoms. The van der Waals surface area contributed by atoms with Crippen LogP contribution >= 0.6 is 0 Å². The zero-order chi connectivity index (χ0) is 19.7. The van der Waals surface area contributed by atoms with E-state index in [1.807, 2.05) is 13.8 Å². The molecule has 0 spiro atoms. The minimum Gasteiger partial charge on any atom is -0.397 e. The highest BCUT2D eigenvalue weighted by atomic mass is 16.3. The first-order chi connectivity index (χ1) is 11.5. The Hall–Kier alpha value is -0.640. The summed E-state index contributed by atoms with van der Waals surface area (Å²) < 4.78 is 0. The summed E-state index contributed by atoms with van der Waals surface area (Å²) in [5.74, 6) is 0.845. The zero-order valence-corrected chi connectivity index (χ0v) is 17.6. The van der Waals surface area contributed by atoms with Gasteiger partial charge in [0.15, 0.2) is 0 Å². The molecule has 2 atom stereocenters. The van der Waals surface area contributed by atoms with Crippen LogP contribution in [0.4, 0.5) is 0 Å². The molecule has 0 heterocycles. The quantitative estimate of drug-likeness (QED) is 0.611. The van der Waals surface area contributed by atoms with Gasteiger partial charge in [0, 0.05) is 6.61 Å². The molecule has 0 aliphatic heterocycles. The number of hydrogen-bond donors (Lipinski definition) is 3. The molecule has 0 aromatic carbocycles. The van der Waals surface area contributed by atoms with Gasteiger partial charge >= 0.3 is 0 Å². The molecule has 0 fully saturated rings. The van der Waals surface area contributed by atoms with Gasteiger partial charge in [-0.15, -0.1) is 0 Å². The second kappa shape index (κ2) is 11.2. The van der Waals surface area contributed by atoms with Crippen molar-refractivity contribution in [2.24, 2.45) is 11.8 Å². The van der Waals surface area contributed by atoms with Crippen LogP contribution in [0.1, 0.15) is 87.0 Å². The first-order valence-corrected chi connectivity index (χ1v) is 9.83. The topological polar surface area (TPSA) is 60.7 Å². The Labute approximate surface area is 155 Å². The molecule has 148 valence electrons. The van der Waals surface area contributed by atoms with Crippen LogP contribution in [0.2, 0.25) is 0 Å². The predicted octanol–water partition coefficient (Wildman–Crippen LogP) is 5.01. The molecule has 0 radical (unpaired) electrons. The lowest BCUT2D eigenvalue weighted by Gasteiger charge is -2.34. The fraction of sp³-hybridized carbons (Fsp3) is 0.818. The van der Waals surface area contributed by atoms with Crippen LogP contribution < -0.4 is 0 Å². The monoisotopic (exact) mass is 354 g/mol. The van der Waals surface area contributed by atoms with Crippen molar-refractivity contribution < 1.29 is 15.3 Å². The molecule has 2 rings (SSSR count). The summed E-state index contributed by atoms with van der Waals surface area (Å²) in [7, 11) is 0. The van der Waals surface area contributed by atoms with Gasteiger partial charge in [0.25, 0.3) is 0 Å². The van der Waals surface area contributed by atoms with Crippen molar-refractivity contribution in [2.45, 2.75) is 98.2 Å². The van der Waals surface area contributed by atoms with Crippen LogP contribution in [-0.2, 0) is 0 Å². The molecule has 2 aliphatic rings. The van der Waals surface area contributed by atoms with E-state index in [1.165, 1.54) is 11.1 Å². The van der Waals surface area contributed by atoms with E-state index < -0.39 is 11.2 Å². The van der Waals surface area contributed by atoms with E-state index in [0.29, 0.717) is 11.8 Å². The average Bonchev–Trinajstić information content (AvgIpc) is 2.51. The fourth-order valence-corrected chi connectivity index (χ4v) is 3.10. The highest BCUT2D eigenvalue weighted by Crippen LogP contribution is 2.33. The van der Waals surface area contributed by atoms with Gasteiger partial charge in [-0.1, -0.05) is 37.1 Å². The predicted molar refractivity (Wildman–Crippen MR) is 108 cm³/mol. The Morgan fingerprint density at radius 1 is 1.16 bits per heavy atom. The van der Waals surface area contributed by atoms with Crippen LogP contribution in [-0.4, -0.2) is 33.1 Å². The maximum absolute atomic E-state index is 10.0. The van der Waals surface area contributed by atoms with Crippen molar-refractivity contribution in [3.8, 4) is 0 Å². The van der Waals surface area contributed by atoms with Gasteiger partial charge in [0.05, 0.1) is 11.2 Å². The van der Waals surface area contributed by atoms with E-state index in [2.05, 4.69) is 39.8 Å². The summed E-state index contributed by atoms with van der Waals surface area (Å²) >= 11 is 0. The third-order valence-corrected chi connectivity index (χ3v) is 5.47. The molecule has 2 aliphatic carbocycles. The maximum Gasteiger partial charge on any atom is 0.0707 e. The average molecular weight is 355 g/mol. The Morgan fingerprint density at radius 2 is 1.68 bits per heavy atom. The second-order valence-electron chi connectivity index (χ2n) is 8.50. The van der Waals surface area contributed by atoms with Gasteiger partial charge in [-0.3, -0.25) is 0 Å². The lowest BCUT2D eigenvalue weighted by Crippen LogP contribution is -2.36. The molecule has 0 aromatic rings. The normalized spacial score (nSPS) is 26.6. The summed E-state index contributed by atoms with van der Waals surface area (Å²) in [5, 5.41) is 27.3. The number of allylic oxidation sites excluding steroid dienone is 3. The Bertz CT molecular complexity index is 429. The van der Waals surface area contributed by atoms with Gasteiger partial charge in [-0.2, -0.15) is 0 Å². The van der Waals surface area contributed by atoms with E-state index in [1.54, 1.807) is 6.92 Å². The smallest absolute Gasteiger partial charge is 0.0707 e. The van der Waals surface area contributed by atoms with E-state index in [-0.39, 0.29) is 6.61 Å². The lowest BCUT2D eigenvalue weighted by atomic mass is 9.78.